The summed E-state index contributed by atoms with van der Waals surface area (Å²) in [6, 6.07) is 1.38. The first-order valence-electron chi connectivity index (χ1n) is 3.63. The van der Waals surface area contributed by atoms with Crippen LogP contribution >= 0.6 is 0 Å². The van der Waals surface area contributed by atoms with Gasteiger partial charge in [0.1, 0.15) is 5.75 Å². The van der Waals surface area contributed by atoms with Crippen molar-refractivity contribution >= 4 is 0 Å². The molecule has 12 heavy (non-hydrogen) atoms. The van der Waals surface area contributed by atoms with Crippen LogP contribution in [0.3, 0.4) is 0 Å². The van der Waals surface area contributed by atoms with Crippen molar-refractivity contribution in [1.29, 1.82) is 0 Å². The summed E-state index contributed by atoms with van der Waals surface area (Å²) in [6.07, 6.45) is 3.21. The summed E-state index contributed by atoms with van der Waals surface area (Å²) in [5.41, 5.74) is 6.35. The van der Waals surface area contributed by atoms with Crippen LogP contribution in [-0.4, -0.2) is 23.8 Å². The molecule has 1 heterocycles. The lowest BCUT2D eigenvalue weighted by Gasteiger charge is -2.08. The van der Waals surface area contributed by atoms with E-state index in [1.165, 1.54) is 0 Å². The molecule has 0 spiro atoms. The van der Waals surface area contributed by atoms with E-state index in [0.29, 0.717) is 5.75 Å². The molecule has 4 nitrogen and oxygen atoms in total. The molecule has 4 heteroatoms. The van der Waals surface area contributed by atoms with Crippen LogP contribution in [0.25, 0.3) is 0 Å². The highest BCUT2D eigenvalue weighted by atomic mass is 16.5. The molecule has 0 aliphatic rings. The Morgan fingerprint density at radius 2 is 2.42 bits per heavy atom. The third-order valence-corrected chi connectivity index (χ3v) is 1.59. The fraction of sp³-hybridized carbons (Fsp3) is 0.375. The van der Waals surface area contributed by atoms with E-state index >= 15 is 0 Å². The molecule has 0 saturated carbocycles. The maximum atomic E-state index is 8.76. The lowest BCUT2D eigenvalue weighted by molar-refractivity contribution is 0.267. The second-order valence-corrected chi connectivity index (χ2v) is 2.45. The zero-order chi connectivity index (χ0) is 8.97. The van der Waals surface area contributed by atoms with Gasteiger partial charge in [0.05, 0.1) is 26.0 Å². The van der Waals surface area contributed by atoms with Crippen LogP contribution in [-0.2, 0) is 0 Å². The van der Waals surface area contributed by atoms with Crippen LogP contribution in [0.1, 0.15) is 11.6 Å². The predicted octanol–water partition coefficient (Wildman–Crippen LogP) is 0.0823. The number of nitrogens with zero attached hydrogens (tertiary/aromatic N) is 1. The van der Waals surface area contributed by atoms with Crippen molar-refractivity contribution in [3.8, 4) is 5.75 Å². The number of pyridine rings is 1. The number of aliphatic hydroxyl groups is 1. The molecular weight excluding hydrogens is 156 g/mol. The number of ether oxygens (including phenoxy) is 1. The van der Waals surface area contributed by atoms with Gasteiger partial charge >= 0.3 is 0 Å². The Hall–Kier alpha value is -1.13. The van der Waals surface area contributed by atoms with Gasteiger partial charge < -0.3 is 15.6 Å². The van der Waals surface area contributed by atoms with Crippen molar-refractivity contribution in [2.45, 2.75) is 6.04 Å². The SMILES string of the molecule is COc1cncc(C(N)CO)c1. The highest BCUT2D eigenvalue weighted by Crippen LogP contribution is 2.14. The molecule has 0 fully saturated rings. The Kier molecular flexibility index (Phi) is 3.01. The van der Waals surface area contributed by atoms with Crippen molar-refractivity contribution in [3.05, 3.63) is 24.0 Å². The molecule has 1 unspecified atom stereocenters. The third-order valence-electron chi connectivity index (χ3n) is 1.59. The smallest absolute Gasteiger partial charge is 0.137 e. The summed E-state index contributed by atoms with van der Waals surface area (Å²) in [5.74, 6) is 0.649. The largest absolute Gasteiger partial charge is 0.495 e. The van der Waals surface area contributed by atoms with Crippen LogP contribution in [0.2, 0.25) is 0 Å². The van der Waals surface area contributed by atoms with Gasteiger partial charge in [-0.25, -0.2) is 0 Å². The van der Waals surface area contributed by atoms with Gasteiger partial charge in [0.25, 0.3) is 0 Å². The van der Waals surface area contributed by atoms with E-state index < -0.39 is 0 Å². The fourth-order valence-corrected chi connectivity index (χ4v) is 0.855. The summed E-state index contributed by atoms with van der Waals surface area (Å²) < 4.78 is 4.95. The lowest BCUT2D eigenvalue weighted by atomic mass is 10.1. The zero-order valence-electron chi connectivity index (χ0n) is 6.90. The van der Waals surface area contributed by atoms with Gasteiger partial charge in [-0.15, -0.1) is 0 Å². The molecule has 3 N–H and O–H groups in total. The van der Waals surface area contributed by atoms with Gasteiger partial charge in [-0.3, -0.25) is 4.98 Å². The zero-order valence-corrected chi connectivity index (χ0v) is 6.90. The molecular formula is C8H12N2O2. The molecule has 1 atom stereocenters. The van der Waals surface area contributed by atoms with E-state index in [-0.39, 0.29) is 12.6 Å². The second kappa shape index (κ2) is 4.04. The molecule has 1 aromatic rings. The Morgan fingerprint density at radius 1 is 1.67 bits per heavy atom. The number of nitrogens with two attached hydrogens (primary N) is 1. The van der Waals surface area contributed by atoms with E-state index in [4.69, 9.17) is 15.6 Å². The van der Waals surface area contributed by atoms with Crippen LogP contribution in [0.15, 0.2) is 18.5 Å². The fourth-order valence-electron chi connectivity index (χ4n) is 0.855. The van der Waals surface area contributed by atoms with Crippen LogP contribution in [0.5, 0.6) is 5.75 Å². The van der Waals surface area contributed by atoms with Gasteiger partial charge in [0.2, 0.25) is 0 Å². The van der Waals surface area contributed by atoms with Gasteiger partial charge in [-0.2, -0.15) is 0 Å². The molecule has 0 aliphatic heterocycles. The first-order valence-corrected chi connectivity index (χ1v) is 3.63. The number of hydrogen-bond acceptors (Lipinski definition) is 4. The van der Waals surface area contributed by atoms with Gasteiger partial charge in [-0.05, 0) is 11.6 Å². The molecule has 0 aliphatic carbocycles. The van der Waals surface area contributed by atoms with Crippen molar-refractivity contribution in [2.24, 2.45) is 5.73 Å². The standard InChI is InChI=1S/C8H12N2O2/c1-12-7-2-6(3-10-4-7)8(9)5-11/h2-4,8,11H,5,9H2,1H3. The van der Waals surface area contributed by atoms with E-state index in [1.54, 1.807) is 25.6 Å². The quantitative estimate of drug-likeness (QED) is 0.670. The average molecular weight is 168 g/mol. The minimum absolute atomic E-state index is 0.0884. The number of rotatable bonds is 3. The van der Waals surface area contributed by atoms with Crippen molar-refractivity contribution in [2.75, 3.05) is 13.7 Å². The van der Waals surface area contributed by atoms with Gasteiger partial charge in [-0.1, -0.05) is 0 Å². The van der Waals surface area contributed by atoms with Crippen LogP contribution in [0.4, 0.5) is 0 Å². The Bertz CT molecular complexity index is 253. The van der Waals surface area contributed by atoms with E-state index in [2.05, 4.69) is 4.98 Å². The number of aliphatic hydroxyl groups excluding tert-OH is 1. The summed E-state index contributed by atoms with van der Waals surface area (Å²) in [7, 11) is 1.56. The molecule has 0 radical (unpaired) electrons. The van der Waals surface area contributed by atoms with E-state index in [1.807, 2.05) is 0 Å². The summed E-state index contributed by atoms with van der Waals surface area (Å²) >= 11 is 0. The molecule has 1 aromatic heterocycles. The monoisotopic (exact) mass is 168 g/mol. The maximum Gasteiger partial charge on any atom is 0.137 e. The van der Waals surface area contributed by atoms with E-state index in [0.717, 1.165) is 5.56 Å². The molecule has 66 valence electrons. The minimum atomic E-state index is -0.382. The topological polar surface area (TPSA) is 68.4 Å². The maximum absolute atomic E-state index is 8.76. The minimum Gasteiger partial charge on any atom is -0.495 e. The van der Waals surface area contributed by atoms with Gasteiger partial charge in [0.15, 0.2) is 0 Å². The summed E-state index contributed by atoms with van der Waals surface area (Å²) in [6.45, 7) is -0.0884. The van der Waals surface area contributed by atoms with Crippen molar-refractivity contribution in [3.63, 3.8) is 0 Å². The number of aromatic nitrogens is 1. The Morgan fingerprint density at radius 3 is 3.00 bits per heavy atom. The molecule has 1 rings (SSSR count). The highest BCUT2D eigenvalue weighted by molar-refractivity contribution is 5.25. The second-order valence-electron chi connectivity index (χ2n) is 2.45. The Balaban J connectivity index is 2.86. The number of hydrogen-bond donors (Lipinski definition) is 2. The van der Waals surface area contributed by atoms with Crippen molar-refractivity contribution < 1.29 is 9.84 Å². The average Bonchev–Trinajstić information content (AvgIpc) is 2.17. The van der Waals surface area contributed by atoms with Crippen molar-refractivity contribution in [1.82, 2.24) is 4.98 Å². The summed E-state index contributed by atoms with van der Waals surface area (Å²) in [4.78, 5) is 3.91. The van der Waals surface area contributed by atoms with Crippen LogP contribution < -0.4 is 10.5 Å². The molecule has 0 bridgehead atoms. The molecule has 0 saturated heterocycles. The lowest BCUT2D eigenvalue weighted by Crippen LogP contribution is -2.14. The highest BCUT2D eigenvalue weighted by Gasteiger charge is 2.04. The van der Waals surface area contributed by atoms with Gasteiger partial charge in [0, 0.05) is 6.20 Å². The normalized spacial score (nSPS) is 12.6. The van der Waals surface area contributed by atoms with Crippen LogP contribution in [0, 0.1) is 0 Å². The number of methoxy groups -OCH3 is 1. The third kappa shape index (κ3) is 1.93. The first-order chi connectivity index (χ1) is 5.77. The van der Waals surface area contributed by atoms with E-state index in [9.17, 15) is 0 Å². The Labute approximate surface area is 71.0 Å². The first kappa shape index (κ1) is 8.96. The predicted molar refractivity (Wildman–Crippen MR) is 44.8 cm³/mol. The molecule has 0 aromatic carbocycles. The molecule has 0 amide bonds. The summed E-state index contributed by atoms with van der Waals surface area (Å²) in [5, 5.41) is 8.76.